The first-order valence-corrected chi connectivity index (χ1v) is 8.73. The van der Waals surface area contributed by atoms with Gasteiger partial charge in [-0.1, -0.05) is 20.8 Å². The molecule has 25 heavy (non-hydrogen) atoms. The van der Waals surface area contributed by atoms with Gasteiger partial charge < -0.3 is 15.0 Å². The van der Waals surface area contributed by atoms with Crippen molar-refractivity contribution in [2.75, 3.05) is 26.2 Å². The number of amides is 4. The van der Waals surface area contributed by atoms with Gasteiger partial charge in [0, 0.05) is 13.1 Å². The lowest BCUT2D eigenvalue weighted by molar-refractivity contribution is -0.154. The number of urea groups is 1. The summed E-state index contributed by atoms with van der Waals surface area (Å²) in [6, 6.07) is -0.615. The number of ether oxygens (including phenoxy) is 1. The van der Waals surface area contributed by atoms with Crippen LogP contribution >= 0.6 is 0 Å². The second-order valence-electron chi connectivity index (χ2n) is 7.41. The number of nitrogens with zero attached hydrogens (tertiary/aromatic N) is 2. The highest BCUT2D eigenvalue weighted by molar-refractivity contribution is 6.08. The number of carbonyl (C=O) groups is 4. The predicted molar refractivity (Wildman–Crippen MR) is 89.4 cm³/mol. The largest absolute Gasteiger partial charge is 0.454 e. The molecule has 2 aliphatic rings. The van der Waals surface area contributed by atoms with E-state index < -0.39 is 30.0 Å². The van der Waals surface area contributed by atoms with Crippen LogP contribution in [0.15, 0.2) is 0 Å². The molecule has 3 atom stereocenters. The number of rotatable bonds is 5. The number of piperidine rings is 1. The fourth-order valence-corrected chi connectivity index (χ4v) is 3.41. The molecule has 8 heteroatoms. The summed E-state index contributed by atoms with van der Waals surface area (Å²) in [6.45, 7) is 8.02. The highest BCUT2D eigenvalue weighted by Crippen LogP contribution is 2.22. The van der Waals surface area contributed by atoms with Crippen molar-refractivity contribution >= 4 is 23.8 Å². The van der Waals surface area contributed by atoms with Crippen LogP contribution in [0, 0.1) is 11.8 Å². The van der Waals surface area contributed by atoms with Gasteiger partial charge in [-0.25, -0.2) is 4.79 Å². The van der Waals surface area contributed by atoms with Gasteiger partial charge in [0.15, 0.2) is 6.61 Å². The van der Waals surface area contributed by atoms with Crippen LogP contribution in [-0.2, 0) is 19.1 Å². The molecule has 3 unspecified atom stereocenters. The van der Waals surface area contributed by atoms with Gasteiger partial charge in [0.25, 0.3) is 11.8 Å². The number of likely N-dealkylation sites (tertiary alicyclic amines) is 1. The van der Waals surface area contributed by atoms with Crippen LogP contribution in [-0.4, -0.2) is 65.4 Å². The van der Waals surface area contributed by atoms with Crippen LogP contribution in [0.1, 0.15) is 40.5 Å². The third-order valence-corrected chi connectivity index (χ3v) is 4.92. The summed E-state index contributed by atoms with van der Waals surface area (Å²) < 4.78 is 4.98. The molecule has 2 saturated heterocycles. The van der Waals surface area contributed by atoms with Crippen molar-refractivity contribution < 1.29 is 23.9 Å². The van der Waals surface area contributed by atoms with Gasteiger partial charge in [0.2, 0.25) is 0 Å². The fraction of sp³-hybridized carbons (Fsp3) is 0.765. The average molecular weight is 353 g/mol. The summed E-state index contributed by atoms with van der Waals surface area (Å²) in [5, 5.41) is 2.57. The molecule has 0 aromatic carbocycles. The Bertz CT molecular complexity index is 569. The predicted octanol–water partition coefficient (Wildman–Crippen LogP) is 0.755. The summed E-state index contributed by atoms with van der Waals surface area (Å²) >= 11 is 0. The number of imide groups is 1. The van der Waals surface area contributed by atoms with Crippen molar-refractivity contribution in [2.24, 2.45) is 11.8 Å². The van der Waals surface area contributed by atoms with Crippen LogP contribution < -0.4 is 5.32 Å². The molecule has 0 radical (unpaired) electrons. The summed E-state index contributed by atoms with van der Waals surface area (Å²) in [7, 11) is 0. The maximum absolute atomic E-state index is 12.2. The Balaban J connectivity index is 1.84. The van der Waals surface area contributed by atoms with Crippen molar-refractivity contribution in [3.8, 4) is 0 Å². The number of carbonyl (C=O) groups excluding carboxylic acids is 4. The molecule has 2 heterocycles. The summed E-state index contributed by atoms with van der Waals surface area (Å²) in [6.07, 6.45) is 1.50. The third-order valence-electron chi connectivity index (χ3n) is 4.92. The van der Waals surface area contributed by atoms with Gasteiger partial charge in [-0.05, 0) is 31.6 Å². The molecule has 0 aromatic heterocycles. The first-order chi connectivity index (χ1) is 11.7. The average Bonchev–Trinajstić information content (AvgIpc) is 2.75. The van der Waals surface area contributed by atoms with E-state index in [0.717, 1.165) is 11.3 Å². The van der Waals surface area contributed by atoms with Crippen LogP contribution in [0.2, 0.25) is 0 Å². The quantitative estimate of drug-likeness (QED) is 0.581. The number of esters is 1. The molecule has 4 amide bonds. The monoisotopic (exact) mass is 353 g/mol. The van der Waals surface area contributed by atoms with Gasteiger partial charge in [0.1, 0.15) is 12.1 Å². The molecule has 0 bridgehead atoms. The van der Waals surface area contributed by atoms with Gasteiger partial charge in [0.05, 0.1) is 0 Å². The minimum Gasteiger partial charge on any atom is -0.454 e. The lowest BCUT2D eigenvalue weighted by atomic mass is 9.92. The van der Waals surface area contributed by atoms with Crippen LogP contribution in [0.25, 0.3) is 0 Å². The van der Waals surface area contributed by atoms with E-state index in [9.17, 15) is 19.2 Å². The minimum atomic E-state index is -0.993. The molecule has 2 aliphatic heterocycles. The number of hydrogen-bond donors (Lipinski definition) is 1. The van der Waals surface area contributed by atoms with E-state index in [1.807, 2.05) is 0 Å². The maximum Gasteiger partial charge on any atom is 0.326 e. The van der Waals surface area contributed by atoms with E-state index in [-0.39, 0.29) is 12.5 Å². The zero-order valence-corrected chi connectivity index (χ0v) is 15.3. The van der Waals surface area contributed by atoms with Gasteiger partial charge in [-0.3, -0.25) is 19.3 Å². The van der Waals surface area contributed by atoms with E-state index in [1.165, 1.54) is 0 Å². The highest BCUT2D eigenvalue weighted by Gasteiger charge is 2.47. The molecule has 0 saturated carbocycles. The Labute approximate surface area is 147 Å². The van der Waals surface area contributed by atoms with E-state index in [4.69, 9.17) is 4.74 Å². The lowest BCUT2D eigenvalue weighted by Gasteiger charge is -2.34. The first kappa shape index (κ1) is 19.2. The lowest BCUT2D eigenvalue weighted by Crippen LogP contribution is -2.45. The molecule has 2 rings (SSSR count). The van der Waals surface area contributed by atoms with Gasteiger partial charge in [-0.2, -0.15) is 0 Å². The number of hydrogen-bond acceptors (Lipinski definition) is 5. The molecular weight excluding hydrogens is 326 g/mol. The normalized spacial score (nSPS) is 29.6. The van der Waals surface area contributed by atoms with E-state index >= 15 is 0 Å². The molecule has 140 valence electrons. The topological polar surface area (TPSA) is 96.0 Å². The maximum atomic E-state index is 12.2. The van der Waals surface area contributed by atoms with Crippen molar-refractivity contribution in [3.63, 3.8) is 0 Å². The smallest absolute Gasteiger partial charge is 0.326 e. The van der Waals surface area contributed by atoms with E-state index in [2.05, 4.69) is 19.2 Å². The fourth-order valence-electron chi connectivity index (χ4n) is 3.41. The molecule has 0 aromatic rings. The molecule has 0 aliphatic carbocycles. The van der Waals surface area contributed by atoms with Gasteiger partial charge in [-0.15, -0.1) is 0 Å². The third kappa shape index (κ3) is 4.29. The molecule has 2 fully saturated rings. The summed E-state index contributed by atoms with van der Waals surface area (Å²) in [4.78, 5) is 50.8. The molecule has 0 spiro atoms. The minimum absolute atomic E-state index is 0.248. The molecule has 1 N–H and O–H groups in total. The van der Waals surface area contributed by atoms with Crippen molar-refractivity contribution in [3.05, 3.63) is 0 Å². The van der Waals surface area contributed by atoms with Crippen LogP contribution in [0.3, 0.4) is 0 Å². The Morgan fingerprint density at radius 1 is 1.24 bits per heavy atom. The molecule has 8 nitrogen and oxygen atoms in total. The van der Waals surface area contributed by atoms with Gasteiger partial charge >= 0.3 is 12.0 Å². The zero-order chi connectivity index (χ0) is 18.8. The number of nitrogens with one attached hydrogen (secondary N) is 1. The van der Waals surface area contributed by atoms with E-state index in [1.54, 1.807) is 18.7 Å². The molecular formula is C17H27N3O5. The Morgan fingerprint density at radius 3 is 2.36 bits per heavy atom. The standard InChI is InChI=1S/C17H27N3O5/c1-5-17(4)15(23)20(16(24)18-17)9-14(22)25-10-13(21)19-7-11(2)6-12(3)8-19/h11-12H,5-10H2,1-4H3,(H,18,24). The van der Waals surface area contributed by atoms with Crippen LogP contribution in [0.5, 0.6) is 0 Å². The first-order valence-electron chi connectivity index (χ1n) is 8.73. The SMILES string of the molecule is CCC1(C)NC(=O)N(CC(=O)OCC(=O)N2CC(C)CC(C)C2)C1=O. The van der Waals surface area contributed by atoms with Crippen molar-refractivity contribution in [2.45, 2.75) is 46.1 Å². The Kier molecular flexibility index (Phi) is 5.69. The highest BCUT2D eigenvalue weighted by atomic mass is 16.5. The second-order valence-corrected chi connectivity index (χ2v) is 7.41. The summed E-state index contributed by atoms with van der Waals surface area (Å²) in [5.41, 5.74) is -0.993. The van der Waals surface area contributed by atoms with Crippen molar-refractivity contribution in [1.82, 2.24) is 15.1 Å². The Morgan fingerprint density at radius 2 is 1.84 bits per heavy atom. The zero-order valence-electron chi connectivity index (χ0n) is 15.3. The second kappa shape index (κ2) is 7.41. The van der Waals surface area contributed by atoms with Crippen molar-refractivity contribution in [1.29, 1.82) is 0 Å². The van der Waals surface area contributed by atoms with Crippen LogP contribution in [0.4, 0.5) is 4.79 Å². The summed E-state index contributed by atoms with van der Waals surface area (Å²) in [5.74, 6) is -0.637. The van der Waals surface area contributed by atoms with E-state index in [0.29, 0.717) is 31.3 Å². The Hall–Kier alpha value is -2.12.